The van der Waals surface area contributed by atoms with Crippen molar-refractivity contribution in [1.82, 2.24) is 14.5 Å². The Morgan fingerprint density at radius 1 is 0.921 bits per heavy atom. The van der Waals surface area contributed by atoms with E-state index in [4.69, 9.17) is 9.47 Å². The summed E-state index contributed by atoms with van der Waals surface area (Å²) >= 11 is 0. The van der Waals surface area contributed by atoms with Crippen LogP contribution in [0.25, 0.3) is 0 Å². The minimum Gasteiger partial charge on any atom is -0.493 e. The number of amides is 1. The predicted molar refractivity (Wildman–Crippen MR) is 135 cm³/mol. The van der Waals surface area contributed by atoms with Gasteiger partial charge in [-0.15, -0.1) is 0 Å². The minimum absolute atomic E-state index is 0.0730. The summed E-state index contributed by atoms with van der Waals surface area (Å²) in [6.07, 6.45) is -2.38. The molecular weight excluding hydrogens is 523 g/mol. The van der Waals surface area contributed by atoms with Gasteiger partial charge in [0.1, 0.15) is 0 Å². The van der Waals surface area contributed by atoms with Crippen LogP contribution in [0.1, 0.15) is 35.1 Å². The monoisotopic (exact) mass is 555 g/mol. The summed E-state index contributed by atoms with van der Waals surface area (Å²) in [5.41, 5.74) is 3.61. The van der Waals surface area contributed by atoms with Crippen molar-refractivity contribution >= 4 is 15.9 Å². The lowest BCUT2D eigenvalue weighted by Gasteiger charge is -2.29. The van der Waals surface area contributed by atoms with Gasteiger partial charge in [-0.1, -0.05) is 6.07 Å². The molecule has 0 aromatic heterocycles. The number of hydrogen-bond acceptors (Lipinski definition) is 6. The quantitative estimate of drug-likeness (QED) is 0.478. The first-order valence-electron chi connectivity index (χ1n) is 12.5. The summed E-state index contributed by atoms with van der Waals surface area (Å²) in [6, 6.07) is 8.38. The van der Waals surface area contributed by atoms with E-state index in [0.717, 1.165) is 43.1 Å². The highest BCUT2D eigenvalue weighted by Gasteiger charge is 2.43. The van der Waals surface area contributed by atoms with E-state index in [1.54, 1.807) is 14.2 Å². The number of unbranched alkanes of at least 4 members (excludes halogenated alkanes) is 1. The molecule has 0 atom stereocenters. The number of rotatable bonds is 9. The number of carbonyl (C=O) groups excluding carboxylic acids is 1. The molecule has 0 bridgehead atoms. The fourth-order valence-electron chi connectivity index (χ4n) is 4.93. The number of nitrogens with one attached hydrogen (secondary N) is 1. The first-order chi connectivity index (χ1) is 18.0. The molecule has 0 radical (unpaired) electrons. The smallest absolute Gasteiger partial charge is 0.471 e. The van der Waals surface area contributed by atoms with Crippen molar-refractivity contribution in [2.45, 2.75) is 49.8 Å². The van der Waals surface area contributed by atoms with E-state index in [1.165, 1.54) is 29.3 Å². The number of methoxy groups -OCH3 is 2. The predicted octanol–water partition coefficient (Wildman–Crippen LogP) is 3.27. The molecule has 38 heavy (non-hydrogen) atoms. The highest BCUT2D eigenvalue weighted by molar-refractivity contribution is 7.89. The number of nitrogens with zero attached hydrogens (tertiary/aromatic N) is 2. The Morgan fingerprint density at radius 2 is 1.58 bits per heavy atom. The van der Waals surface area contributed by atoms with E-state index in [0.29, 0.717) is 23.3 Å². The van der Waals surface area contributed by atoms with Gasteiger partial charge in [0.25, 0.3) is 0 Å². The molecule has 2 aromatic rings. The van der Waals surface area contributed by atoms with Gasteiger partial charge in [0.15, 0.2) is 11.5 Å². The Hall–Kier alpha value is -2.83. The van der Waals surface area contributed by atoms with Gasteiger partial charge >= 0.3 is 12.1 Å². The molecule has 0 saturated heterocycles. The number of fused-ring (bicyclic) bond motifs is 2. The third-order valence-electron chi connectivity index (χ3n) is 7.02. The summed E-state index contributed by atoms with van der Waals surface area (Å²) < 4.78 is 77.2. The fraction of sp³-hybridized carbons (Fsp3) is 0.500. The van der Waals surface area contributed by atoms with E-state index in [9.17, 15) is 26.4 Å². The second-order valence-corrected chi connectivity index (χ2v) is 11.3. The number of halogens is 3. The van der Waals surface area contributed by atoms with E-state index in [-0.39, 0.29) is 31.0 Å². The Labute approximate surface area is 220 Å². The molecule has 1 amide bonds. The number of hydrogen-bond donors (Lipinski definition) is 1. The van der Waals surface area contributed by atoms with Crippen LogP contribution < -0.4 is 14.2 Å². The average molecular weight is 556 g/mol. The lowest BCUT2D eigenvalue weighted by molar-refractivity contribution is -0.186. The van der Waals surface area contributed by atoms with Gasteiger partial charge < -0.3 is 14.4 Å². The maximum atomic E-state index is 12.8. The third kappa shape index (κ3) is 6.41. The Bertz CT molecular complexity index is 1280. The molecule has 2 heterocycles. The second-order valence-electron chi connectivity index (χ2n) is 9.51. The molecule has 2 aliphatic heterocycles. The number of sulfonamides is 1. The van der Waals surface area contributed by atoms with Crippen LogP contribution in [0.3, 0.4) is 0 Å². The van der Waals surface area contributed by atoms with Crippen LogP contribution in [0.2, 0.25) is 0 Å². The van der Waals surface area contributed by atoms with Gasteiger partial charge in [0.2, 0.25) is 10.0 Å². The van der Waals surface area contributed by atoms with Gasteiger partial charge in [0, 0.05) is 32.7 Å². The molecule has 208 valence electrons. The first-order valence-corrected chi connectivity index (χ1v) is 13.9. The van der Waals surface area contributed by atoms with Crippen molar-refractivity contribution in [2.75, 3.05) is 40.4 Å². The van der Waals surface area contributed by atoms with Gasteiger partial charge in [-0.05, 0) is 78.7 Å². The number of alkyl halides is 3. The fourth-order valence-corrected chi connectivity index (χ4v) is 6.06. The minimum atomic E-state index is -4.93. The van der Waals surface area contributed by atoms with Crippen molar-refractivity contribution in [2.24, 2.45) is 0 Å². The van der Waals surface area contributed by atoms with Crippen LogP contribution in [-0.4, -0.2) is 70.7 Å². The third-order valence-corrected chi connectivity index (χ3v) is 8.48. The number of ether oxygens (including phenoxy) is 2. The van der Waals surface area contributed by atoms with Crippen molar-refractivity contribution in [3.8, 4) is 11.5 Å². The Kier molecular flexibility index (Phi) is 8.53. The molecule has 0 fully saturated rings. The molecule has 0 aliphatic carbocycles. The molecule has 0 saturated carbocycles. The Balaban J connectivity index is 1.25. The summed E-state index contributed by atoms with van der Waals surface area (Å²) in [5, 5.41) is 0. The van der Waals surface area contributed by atoms with Crippen LogP contribution in [0.5, 0.6) is 11.5 Å². The van der Waals surface area contributed by atoms with Crippen molar-refractivity contribution in [3.05, 3.63) is 52.6 Å². The summed E-state index contributed by atoms with van der Waals surface area (Å²) in [5.74, 6) is -0.448. The van der Waals surface area contributed by atoms with Crippen LogP contribution in [0.4, 0.5) is 13.2 Å². The van der Waals surface area contributed by atoms with Gasteiger partial charge in [-0.3, -0.25) is 9.69 Å². The molecule has 0 spiro atoms. The SMILES string of the molecule is COc1cc2c(cc1OC)CN(CCCCNS(=O)(=O)c1ccc3c(c1)CCN(C(=O)C(F)(F)F)C3)CC2. The molecule has 2 aromatic carbocycles. The molecule has 4 rings (SSSR count). The number of benzene rings is 2. The highest BCUT2D eigenvalue weighted by Crippen LogP contribution is 2.33. The van der Waals surface area contributed by atoms with E-state index in [1.807, 2.05) is 12.1 Å². The van der Waals surface area contributed by atoms with Crippen LogP contribution in [-0.2, 0) is 40.7 Å². The van der Waals surface area contributed by atoms with Crippen molar-refractivity contribution in [1.29, 1.82) is 0 Å². The summed E-state index contributed by atoms with van der Waals surface area (Å²) in [4.78, 5) is 14.7. The zero-order valence-electron chi connectivity index (χ0n) is 21.4. The van der Waals surface area contributed by atoms with Crippen LogP contribution in [0, 0.1) is 0 Å². The standard InChI is InChI=1S/C26H32F3N3O5S/c1-36-23-14-19-7-11-31(16-21(19)15-24(23)37-2)10-4-3-9-30-38(34,35)22-6-5-20-17-32(12-8-18(20)13-22)25(33)26(27,28)29/h5-6,13-15,30H,3-4,7-12,16-17H2,1-2H3. The second kappa shape index (κ2) is 11.5. The zero-order chi connectivity index (χ0) is 27.5. The molecule has 12 heteroatoms. The van der Waals surface area contributed by atoms with E-state index < -0.39 is 22.1 Å². The van der Waals surface area contributed by atoms with Gasteiger partial charge in [0.05, 0.1) is 19.1 Å². The van der Waals surface area contributed by atoms with Crippen molar-refractivity contribution in [3.63, 3.8) is 0 Å². The van der Waals surface area contributed by atoms with Crippen LogP contribution >= 0.6 is 0 Å². The Morgan fingerprint density at radius 3 is 2.26 bits per heavy atom. The summed E-state index contributed by atoms with van der Waals surface area (Å²) in [6.45, 7) is 2.52. The maximum absolute atomic E-state index is 12.8. The highest BCUT2D eigenvalue weighted by atomic mass is 32.2. The molecule has 2 aliphatic rings. The molecule has 8 nitrogen and oxygen atoms in total. The zero-order valence-corrected chi connectivity index (χ0v) is 22.3. The maximum Gasteiger partial charge on any atom is 0.471 e. The topological polar surface area (TPSA) is 88.2 Å². The first kappa shape index (κ1) is 28.2. The lowest BCUT2D eigenvalue weighted by atomic mass is 9.98. The average Bonchev–Trinajstić information content (AvgIpc) is 2.90. The van der Waals surface area contributed by atoms with Crippen LogP contribution in [0.15, 0.2) is 35.2 Å². The lowest BCUT2D eigenvalue weighted by Crippen LogP contribution is -2.43. The van der Waals surface area contributed by atoms with Crippen molar-refractivity contribution < 1.29 is 35.9 Å². The molecular formula is C26H32F3N3O5S. The van der Waals surface area contributed by atoms with E-state index >= 15 is 0 Å². The van der Waals surface area contributed by atoms with E-state index in [2.05, 4.69) is 9.62 Å². The molecule has 1 N–H and O–H groups in total. The largest absolute Gasteiger partial charge is 0.493 e. The summed E-state index contributed by atoms with van der Waals surface area (Å²) in [7, 11) is -0.518. The van der Waals surface area contributed by atoms with Gasteiger partial charge in [-0.25, -0.2) is 13.1 Å². The normalized spacial score (nSPS) is 16.1. The molecule has 0 unspecified atom stereocenters. The number of carbonyl (C=O) groups is 1. The van der Waals surface area contributed by atoms with Gasteiger partial charge in [-0.2, -0.15) is 13.2 Å².